The molecular formula is C21H15ClFN3O3. The molecule has 146 valence electrons. The minimum atomic E-state index is -0.500. The molecule has 2 aromatic carbocycles. The van der Waals surface area contributed by atoms with E-state index in [1.807, 2.05) is 0 Å². The van der Waals surface area contributed by atoms with Gasteiger partial charge < -0.3 is 15.0 Å². The second-order valence-electron chi connectivity index (χ2n) is 6.34. The van der Waals surface area contributed by atoms with Gasteiger partial charge in [-0.25, -0.2) is 4.39 Å². The summed E-state index contributed by atoms with van der Waals surface area (Å²) in [6, 6.07) is 12.5. The Morgan fingerprint density at radius 2 is 2.00 bits per heavy atom. The highest BCUT2D eigenvalue weighted by Crippen LogP contribution is 2.36. The Hall–Kier alpha value is -3.45. The summed E-state index contributed by atoms with van der Waals surface area (Å²) in [6.45, 7) is -0.218. The molecule has 0 bridgehead atoms. The molecule has 1 aliphatic heterocycles. The zero-order chi connectivity index (χ0) is 20.4. The summed E-state index contributed by atoms with van der Waals surface area (Å²) in [5, 5.41) is 3.00. The summed E-state index contributed by atoms with van der Waals surface area (Å²) >= 11 is 6.12. The number of pyridine rings is 1. The van der Waals surface area contributed by atoms with E-state index in [4.69, 9.17) is 16.3 Å². The van der Waals surface area contributed by atoms with E-state index in [0.29, 0.717) is 22.7 Å². The lowest BCUT2D eigenvalue weighted by Crippen LogP contribution is -2.38. The first-order valence-electron chi connectivity index (χ1n) is 8.74. The number of benzene rings is 2. The number of hydrogen-bond acceptors (Lipinski definition) is 4. The van der Waals surface area contributed by atoms with Gasteiger partial charge in [-0.05, 0) is 42.5 Å². The average Bonchev–Trinajstić information content (AvgIpc) is 2.73. The van der Waals surface area contributed by atoms with Crippen LogP contribution in [0.2, 0.25) is 5.02 Å². The molecule has 8 heteroatoms. The van der Waals surface area contributed by atoms with Crippen LogP contribution in [-0.4, -0.2) is 23.4 Å². The molecule has 0 fully saturated rings. The number of nitrogens with zero attached hydrogens (tertiary/aromatic N) is 2. The number of rotatable bonds is 4. The van der Waals surface area contributed by atoms with E-state index in [2.05, 4.69) is 10.3 Å². The first kappa shape index (κ1) is 18.9. The van der Waals surface area contributed by atoms with Crippen molar-refractivity contribution in [2.24, 2.45) is 0 Å². The molecule has 2 amide bonds. The first-order chi connectivity index (χ1) is 14.0. The van der Waals surface area contributed by atoms with Crippen molar-refractivity contribution in [3.8, 4) is 5.75 Å². The van der Waals surface area contributed by atoms with Gasteiger partial charge in [0.2, 0.25) is 0 Å². The summed E-state index contributed by atoms with van der Waals surface area (Å²) in [7, 11) is 0. The van der Waals surface area contributed by atoms with Crippen molar-refractivity contribution in [1.29, 1.82) is 0 Å². The first-order valence-corrected chi connectivity index (χ1v) is 9.12. The Balaban J connectivity index is 1.64. The van der Waals surface area contributed by atoms with Crippen molar-refractivity contribution in [2.45, 2.75) is 6.54 Å². The number of aromatic nitrogens is 1. The summed E-state index contributed by atoms with van der Waals surface area (Å²) in [4.78, 5) is 30.1. The molecule has 0 atom stereocenters. The molecule has 4 rings (SSSR count). The number of amides is 2. The molecule has 0 unspecified atom stereocenters. The molecule has 29 heavy (non-hydrogen) atoms. The predicted octanol–water partition coefficient (Wildman–Crippen LogP) is 4.05. The second-order valence-corrected chi connectivity index (χ2v) is 6.75. The van der Waals surface area contributed by atoms with Crippen molar-refractivity contribution in [3.63, 3.8) is 0 Å². The Bertz CT molecular complexity index is 1070. The van der Waals surface area contributed by atoms with Crippen LogP contribution in [0.1, 0.15) is 15.9 Å². The van der Waals surface area contributed by atoms with Gasteiger partial charge in [0.25, 0.3) is 11.8 Å². The number of carbonyl (C=O) groups excluding carboxylic acids is 2. The molecule has 0 aliphatic carbocycles. The van der Waals surface area contributed by atoms with Crippen molar-refractivity contribution in [3.05, 3.63) is 82.9 Å². The zero-order valence-corrected chi connectivity index (χ0v) is 15.8. The second kappa shape index (κ2) is 7.89. The van der Waals surface area contributed by atoms with E-state index in [1.165, 1.54) is 29.4 Å². The van der Waals surface area contributed by atoms with Gasteiger partial charge in [-0.1, -0.05) is 17.7 Å². The lowest BCUT2D eigenvalue weighted by molar-refractivity contribution is -0.121. The highest BCUT2D eigenvalue weighted by atomic mass is 35.5. The molecule has 1 aliphatic rings. The number of fused-ring (bicyclic) bond motifs is 1. The van der Waals surface area contributed by atoms with Gasteiger partial charge in [0.15, 0.2) is 6.61 Å². The number of hydrogen-bond donors (Lipinski definition) is 1. The Morgan fingerprint density at radius 1 is 1.21 bits per heavy atom. The number of halogens is 2. The fraction of sp³-hybridized carbons (Fsp3) is 0.0952. The monoisotopic (exact) mass is 411 g/mol. The number of carbonyl (C=O) groups is 2. The van der Waals surface area contributed by atoms with Crippen LogP contribution < -0.4 is 15.0 Å². The number of nitrogens with one attached hydrogen (secondary N) is 1. The summed E-state index contributed by atoms with van der Waals surface area (Å²) in [5.74, 6) is -0.701. The third-order valence-corrected chi connectivity index (χ3v) is 4.83. The van der Waals surface area contributed by atoms with Crippen molar-refractivity contribution in [1.82, 2.24) is 4.98 Å². The maximum atomic E-state index is 14.2. The summed E-state index contributed by atoms with van der Waals surface area (Å²) < 4.78 is 19.7. The fourth-order valence-corrected chi connectivity index (χ4v) is 3.22. The quantitative estimate of drug-likeness (QED) is 0.703. The van der Waals surface area contributed by atoms with Gasteiger partial charge in [-0.3, -0.25) is 14.6 Å². The van der Waals surface area contributed by atoms with Crippen LogP contribution >= 0.6 is 11.6 Å². The smallest absolute Gasteiger partial charge is 0.265 e. The van der Waals surface area contributed by atoms with Gasteiger partial charge in [-0.2, -0.15) is 0 Å². The van der Waals surface area contributed by atoms with Crippen LogP contribution in [0.5, 0.6) is 5.75 Å². The maximum absolute atomic E-state index is 14.2. The highest BCUT2D eigenvalue weighted by molar-refractivity contribution is 6.31. The van der Waals surface area contributed by atoms with E-state index in [9.17, 15) is 14.0 Å². The predicted molar refractivity (Wildman–Crippen MR) is 107 cm³/mol. The molecule has 0 radical (unpaired) electrons. The normalized spacial score (nSPS) is 12.9. The van der Waals surface area contributed by atoms with E-state index in [1.54, 1.807) is 36.4 Å². The van der Waals surface area contributed by atoms with Crippen LogP contribution in [0.4, 0.5) is 15.8 Å². The Morgan fingerprint density at radius 3 is 2.76 bits per heavy atom. The molecule has 2 heterocycles. The van der Waals surface area contributed by atoms with Crippen molar-refractivity contribution < 1.29 is 18.7 Å². The standard InChI is InChI=1S/C21H15ClFN3O3/c22-16-2-1-3-17(23)15(16)11-26-18-10-14(4-5-19(18)29-12-20(26)27)25-21(28)13-6-8-24-9-7-13/h1-10H,11-12H2,(H,25,28). The molecule has 3 aromatic rings. The van der Waals surface area contributed by atoms with Gasteiger partial charge in [0.1, 0.15) is 11.6 Å². The minimum Gasteiger partial charge on any atom is -0.482 e. The maximum Gasteiger partial charge on any atom is 0.265 e. The van der Waals surface area contributed by atoms with E-state index < -0.39 is 5.82 Å². The lowest BCUT2D eigenvalue weighted by Gasteiger charge is -2.30. The van der Waals surface area contributed by atoms with Crippen LogP contribution in [-0.2, 0) is 11.3 Å². The fourth-order valence-electron chi connectivity index (χ4n) is 3.00. The molecule has 1 aromatic heterocycles. The lowest BCUT2D eigenvalue weighted by atomic mass is 10.1. The third-order valence-electron chi connectivity index (χ3n) is 4.48. The van der Waals surface area contributed by atoms with Gasteiger partial charge in [-0.15, -0.1) is 0 Å². The Kier molecular flexibility index (Phi) is 5.14. The van der Waals surface area contributed by atoms with E-state index in [-0.39, 0.29) is 35.6 Å². The van der Waals surface area contributed by atoms with Gasteiger partial charge in [0, 0.05) is 34.2 Å². The molecule has 0 saturated heterocycles. The van der Waals surface area contributed by atoms with Crippen molar-refractivity contribution in [2.75, 3.05) is 16.8 Å². The van der Waals surface area contributed by atoms with Crippen molar-refractivity contribution >= 4 is 34.8 Å². The Labute approximate surface area is 170 Å². The topological polar surface area (TPSA) is 71.5 Å². The molecule has 0 spiro atoms. The molecular weight excluding hydrogens is 397 g/mol. The molecule has 1 N–H and O–H groups in total. The van der Waals surface area contributed by atoms with E-state index >= 15 is 0 Å². The summed E-state index contributed by atoms with van der Waals surface area (Å²) in [6.07, 6.45) is 3.04. The highest BCUT2D eigenvalue weighted by Gasteiger charge is 2.27. The number of anilines is 2. The summed E-state index contributed by atoms with van der Waals surface area (Å²) in [5.41, 5.74) is 1.54. The van der Waals surface area contributed by atoms with Gasteiger partial charge >= 0.3 is 0 Å². The third kappa shape index (κ3) is 3.90. The van der Waals surface area contributed by atoms with Crippen LogP contribution in [0, 0.1) is 5.82 Å². The van der Waals surface area contributed by atoms with Crippen LogP contribution in [0.25, 0.3) is 0 Å². The minimum absolute atomic E-state index is 0.0531. The SMILES string of the molecule is O=C(Nc1ccc2c(c1)N(Cc1c(F)cccc1Cl)C(=O)CO2)c1ccncc1. The largest absolute Gasteiger partial charge is 0.482 e. The number of ether oxygens (including phenoxy) is 1. The molecule has 6 nitrogen and oxygen atoms in total. The molecule has 0 saturated carbocycles. The van der Waals surface area contributed by atoms with Crippen LogP contribution in [0.3, 0.4) is 0 Å². The van der Waals surface area contributed by atoms with Crippen LogP contribution in [0.15, 0.2) is 60.9 Å². The van der Waals surface area contributed by atoms with E-state index in [0.717, 1.165) is 0 Å². The average molecular weight is 412 g/mol. The van der Waals surface area contributed by atoms with Gasteiger partial charge in [0.05, 0.1) is 12.2 Å². The zero-order valence-electron chi connectivity index (χ0n) is 15.1.